The molecule has 3 heterocycles. The number of nitrogens with zero attached hydrogens (tertiary/aromatic N) is 3. The molecule has 0 aliphatic carbocycles. The van der Waals surface area contributed by atoms with Crippen LogP contribution < -0.4 is 0 Å². The lowest BCUT2D eigenvalue weighted by atomic mass is 10.1. The fourth-order valence-electron chi connectivity index (χ4n) is 2.73. The fraction of sp³-hybridized carbons (Fsp3) is 0.111. The number of ether oxygens (including phenoxy) is 1. The van der Waals surface area contributed by atoms with Crippen LogP contribution in [0.5, 0.6) is 0 Å². The molecule has 0 spiro atoms. The molecule has 0 saturated heterocycles. The van der Waals surface area contributed by atoms with Crippen LogP contribution in [-0.2, 0) is 4.74 Å². The second-order valence-electron chi connectivity index (χ2n) is 5.62. The Morgan fingerprint density at radius 2 is 2.15 bits per heavy atom. The Morgan fingerprint density at radius 3 is 2.88 bits per heavy atom. The number of halogens is 1. The lowest BCUT2D eigenvalue weighted by Gasteiger charge is -1.99. The van der Waals surface area contributed by atoms with Crippen LogP contribution in [0.25, 0.3) is 32.0 Å². The molecule has 4 rings (SSSR count). The van der Waals surface area contributed by atoms with Crippen LogP contribution in [0.15, 0.2) is 36.7 Å². The quantitative estimate of drug-likeness (QED) is 0.553. The van der Waals surface area contributed by atoms with E-state index in [1.165, 1.54) is 24.5 Å². The van der Waals surface area contributed by atoms with Crippen molar-refractivity contribution >= 4 is 28.2 Å². The third kappa shape index (κ3) is 2.55. The number of carbonyl (C=O) groups excluding carboxylic acids is 1. The maximum atomic E-state index is 14.4. The van der Waals surface area contributed by atoms with Gasteiger partial charge in [-0.2, -0.15) is 5.10 Å². The average molecular weight is 368 g/mol. The number of hydrogen-bond donors (Lipinski definition) is 1. The molecule has 3 aromatic heterocycles. The topological polar surface area (TPSA) is 80.8 Å². The number of thiazole rings is 1. The smallest absolute Gasteiger partial charge is 0.358 e. The number of aromatic nitrogens is 4. The van der Waals surface area contributed by atoms with E-state index in [1.54, 1.807) is 24.5 Å². The minimum absolute atomic E-state index is 0.157. The second-order valence-corrected chi connectivity index (χ2v) is 6.62. The minimum atomic E-state index is -0.567. The van der Waals surface area contributed by atoms with Gasteiger partial charge in [0.2, 0.25) is 0 Å². The number of aromatic amines is 1. The van der Waals surface area contributed by atoms with Crippen LogP contribution in [0.4, 0.5) is 4.39 Å². The average Bonchev–Trinajstić information content (AvgIpc) is 3.30. The molecule has 0 bridgehead atoms. The lowest BCUT2D eigenvalue weighted by Crippen LogP contribution is -2.03. The molecule has 0 aliphatic heterocycles. The standard InChI is InChI=1S/C18H13FN4O2S/c1-9-5-6-11(19)12-13(9)22-23-14(12)17-21-15(18(24)25-2)16(26-17)10-4-3-7-20-8-10/h3-8H,1-2H3,(H,22,23). The molecule has 0 amide bonds. The van der Waals surface area contributed by atoms with Crippen LogP contribution in [0.3, 0.4) is 0 Å². The number of methoxy groups -OCH3 is 1. The molecule has 0 fully saturated rings. The number of rotatable bonds is 3. The van der Waals surface area contributed by atoms with Gasteiger partial charge in [0.05, 0.1) is 22.9 Å². The molecule has 8 heteroatoms. The van der Waals surface area contributed by atoms with Gasteiger partial charge in [-0.25, -0.2) is 14.2 Å². The fourth-order valence-corrected chi connectivity index (χ4v) is 3.77. The SMILES string of the molecule is COC(=O)c1nc(-c2n[nH]c3c(C)ccc(F)c23)sc1-c1cccnc1. The Balaban J connectivity index is 1.96. The van der Waals surface area contributed by atoms with Gasteiger partial charge in [-0.05, 0) is 24.6 Å². The molecular formula is C18H13FN4O2S. The summed E-state index contributed by atoms with van der Waals surface area (Å²) in [7, 11) is 1.29. The molecule has 1 N–H and O–H groups in total. The molecule has 26 heavy (non-hydrogen) atoms. The monoisotopic (exact) mass is 368 g/mol. The van der Waals surface area contributed by atoms with Gasteiger partial charge < -0.3 is 4.74 Å². The third-order valence-electron chi connectivity index (χ3n) is 4.01. The number of fused-ring (bicyclic) bond motifs is 1. The highest BCUT2D eigenvalue weighted by atomic mass is 32.1. The highest BCUT2D eigenvalue weighted by Crippen LogP contribution is 2.38. The van der Waals surface area contributed by atoms with Crippen molar-refractivity contribution in [1.29, 1.82) is 0 Å². The first-order valence-electron chi connectivity index (χ1n) is 7.73. The number of pyridine rings is 1. The predicted octanol–water partition coefficient (Wildman–Crippen LogP) is 3.98. The van der Waals surface area contributed by atoms with Gasteiger partial charge in [0.1, 0.15) is 16.5 Å². The van der Waals surface area contributed by atoms with E-state index in [-0.39, 0.29) is 5.69 Å². The number of benzene rings is 1. The lowest BCUT2D eigenvalue weighted by molar-refractivity contribution is 0.0596. The number of H-pyrrole nitrogens is 1. The summed E-state index contributed by atoms with van der Waals surface area (Å²) in [6.45, 7) is 1.87. The van der Waals surface area contributed by atoms with Crippen molar-refractivity contribution in [3.05, 3.63) is 53.7 Å². The Kier molecular flexibility index (Phi) is 3.96. The van der Waals surface area contributed by atoms with E-state index >= 15 is 0 Å². The van der Waals surface area contributed by atoms with Crippen LogP contribution in [0, 0.1) is 12.7 Å². The van der Waals surface area contributed by atoms with Gasteiger partial charge in [0.15, 0.2) is 5.69 Å². The maximum Gasteiger partial charge on any atom is 0.358 e. The van der Waals surface area contributed by atoms with Gasteiger partial charge in [0, 0.05) is 18.0 Å². The van der Waals surface area contributed by atoms with Gasteiger partial charge >= 0.3 is 5.97 Å². The zero-order valence-electron chi connectivity index (χ0n) is 13.9. The third-order valence-corrected chi connectivity index (χ3v) is 5.12. The summed E-state index contributed by atoms with van der Waals surface area (Å²) >= 11 is 1.24. The zero-order chi connectivity index (χ0) is 18.3. The molecule has 130 valence electrons. The van der Waals surface area contributed by atoms with Gasteiger partial charge in [-0.1, -0.05) is 12.1 Å². The van der Waals surface area contributed by atoms with E-state index < -0.39 is 11.8 Å². The summed E-state index contributed by atoms with van der Waals surface area (Å²) in [6, 6.07) is 6.67. The van der Waals surface area contributed by atoms with E-state index in [4.69, 9.17) is 4.74 Å². The normalized spacial score (nSPS) is 11.0. The summed E-state index contributed by atoms with van der Waals surface area (Å²) in [5.41, 5.74) is 2.74. The predicted molar refractivity (Wildman–Crippen MR) is 96.5 cm³/mol. The number of nitrogens with one attached hydrogen (secondary N) is 1. The minimum Gasteiger partial charge on any atom is -0.464 e. The number of aryl methyl sites for hydroxylation is 1. The molecule has 4 aromatic rings. The highest BCUT2D eigenvalue weighted by molar-refractivity contribution is 7.18. The number of hydrogen-bond acceptors (Lipinski definition) is 6. The van der Waals surface area contributed by atoms with Crippen molar-refractivity contribution in [3.63, 3.8) is 0 Å². The summed E-state index contributed by atoms with van der Waals surface area (Å²) in [5.74, 6) is -0.963. The number of esters is 1. The van der Waals surface area contributed by atoms with Crippen LogP contribution in [0.2, 0.25) is 0 Å². The number of carbonyl (C=O) groups is 1. The first-order chi connectivity index (χ1) is 12.6. The summed E-state index contributed by atoms with van der Waals surface area (Å²) in [6.07, 6.45) is 3.28. The first-order valence-corrected chi connectivity index (χ1v) is 8.55. The highest BCUT2D eigenvalue weighted by Gasteiger charge is 2.24. The molecule has 1 aromatic carbocycles. The van der Waals surface area contributed by atoms with Crippen LogP contribution >= 0.6 is 11.3 Å². The molecule has 0 aliphatic rings. The van der Waals surface area contributed by atoms with Crippen molar-refractivity contribution in [2.45, 2.75) is 6.92 Å². The van der Waals surface area contributed by atoms with E-state index in [0.717, 1.165) is 11.1 Å². The van der Waals surface area contributed by atoms with Gasteiger partial charge in [-0.15, -0.1) is 11.3 Å². The van der Waals surface area contributed by atoms with E-state index in [9.17, 15) is 9.18 Å². The first kappa shape index (κ1) is 16.3. The van der Waals surface area contributed by atoms with Gasteiger partial charge in [-0.3, -0.25) is 10.1 Å². The molecule has 0 radical (unpaired) electrons. The van der Waals surface area contributed by atoms with Crippen LogP contribution in [0.1, 0.15) is 16.1 Å². The van der Waals surface area contributed by atoms with Crippen molar-refractivity contribution in [2.75, 3.05) is 7.11 Å². The maximum absolute atomic E-state index is 14.4. The molecule has 0 saturated carbocycles. The van der Waals surface area contributed by atoms with E-state index in [2.05, 4.69) is 20.2 Å². The molecular weight excluding hydrogens is 355 g/mol. The largest absolute Gasteiger partial charge is 0.464 e. The Hall–Kier alpha value is -3.13. The summed E-state index contributed by atoms with van der Waals surface area (Å²) in [5, 5.41) is 7.88. The van der Waals surface area contributed by atoms with Gasteiger partial charge in [0.25, 0.3) is 0 Å². The molecule has 0 atom stereocenters. The summed E-state index contributed by atoms with van der Waals surface area (Å²) in [4.78, 5) is 21.2. The van der Waals surface area contributed by atoms with Crippen molar-refractivity contribution in [3.8, 4) is 21.1 Å². The zero-order valence-corrected chi connectivity index (χ0v) is 14.7. The van der Waals surface area contributed by atoms with Crippen molar-refractivity contribution < 1.29 is 13.9 Å². The molecule has 0 unspecified atom stereocenters. The Bertz CT molecular complexity index is 1120. The van der Waals surface area contributed by atoms with Crippen LogP contribution in [-0.4, -0.2) is 33.2 Å². The van der Waals surface area contributed by atoms with E-state index in [1.807, 2.05) is 13.0 Å². The van der Waals surface area contributed by atoms with E-state index in [0.29, 0.717) is 26.5 Å². The molecule has 6 nitrogen and oxygen atoms in total. The van der Waals surface area contributed by atoms with Crippen molar-refractivity contribution in [1.82, 2.24) is 20.2 Å². The van der Waals surface area contributed by atoms with Crippen molar-refractivity contribution in [2.24, 2.45) is 0 Å². The Morgan fingerprint density at radius 1 is 1.31 bits per heavy atom. The second kappa shape index (κ2) is 6.30. The summed E-state index contributed by atoms with van der Waals surface area (Å²) < 4.78 is 19.3. The Labute approximate surface area is 151 Å².